The second-order valence-corrected chi connectivity index (χ2v) is 5.14. The predicted octanol–water partition coefficient (Wildman–Crippen LogP) is 2.09. The van der Waals surface area contributed by atoms with Gasteiger partial charge in [-0.15, -0.1) is 0 Å². The van der Waals surface area contributed by atoms with Gasteiger partial charge >= 0.3 is 6.55 Å². The maximum absolute atomic E-state index is 12.7. The van der Waals surface area contributed by atoms with E-state index in [-0.39, 0.29) is 24.7 Å². The number of amides is 1. The Morgan fingerprint density at radius 2 is 2.22 bits per heavy atom. The Balaban J connectivity index is 1.64. The number of hydrogen-bond acceptors (Lipinski definition) is 3. The highest BCUT2D eigenvalue weighted by Crippen LogP contribution is 2.12. The van der Waals surface area contributed by atoms with E-state index in [1.165, 1.54) is 12.4 Å². The lowest BCUT2D eigenvalue weighted by Crippen LogP contribution is -2.26. The van der Waals surface area contributed by atoms with Gasteiger partial charge in [0, 0.05) is 24.8 Å². The zero-order chi connectivity index (χ0) is 16.4. The molecule has 0 saturated carbocycles. The number of aryl methyl sites for hydroxylation is 1. The minimum Gasteiger partial charge on any atom is -0.349 e. The lowest BCUT2D eigenvalue weighted by atomic mass is 10.3. The van der Waals surface area contributed by atoms with Gasteiger partial charge in [-0.25, -0.2) is 9.97 Å². The Morgan fingerprint density at radius 1 is 1.39 bits per heavy atom. The zero-order valence-corrected chi connectivity index (χ0v) is 12.4. The van der Waals surface area contributed by atoms with Crippen molar-refractivity contribution < 1.29 is 13.6 Å². The molecule has 3 rings (SSSR count). The quantitative estimate of drug-likeness (QED) is 0.783. The minimum atomic E-state index is -2.68. The Labute approximate surface area is 130 Å². The van der Waals surface area contributed by atoms with Crippen LogP contribution < -0.4 is 5.32 Å². The van der Waals surface area contributed by atoms with E-state index < -0.39 is 6.55 Å². The first kappa shape index (κ1) is 15.1. The van der Waals surface area contributed by atoms with Crippen molar-refractivity contribution in [3.63, 3.8) is 0 Å². The number of carbonyl (C=O) groups is 1. The van der Waals surface area contributed by atoms with Crippen molar-refractivity contribution in [1.29, 1.82) is 0 Å². The highest BCUT2D eigenvalue weighted by molar-refractivity contribution is 5.78. The Kier molecular flexibility index (Phi) is 4.05. The molecule has 0 bridgehead atoms. The number of aromatic nitrogens is 4. The topological polar surface area (TPSA) is 64.2 Å². The maximum Gasteiger partial charge on any atom is 0.319 e. The summed E-state index contributed by atoms with van der Waals surface area (Å²) in [5, 5.41) is 2.58. The SMILES string of the molecule is Cc1cccn2cc(CC(=O)NCc3nccn3C(F)F)nc12. The van der Waals surface area contributed by atoms with E-state index in [4.69, 9.17) is 0 Å². The van der Waals surface area contributed by atoms with Crippen molar-refractivity contribution in [2.24, 2.45) is 0 Å². The molecule has 3 aromatic rings. The number of fused-ring (bicyclic) bond motifs is 1. The highest BCUT2D eigenvalue weighted by atomic mass is 19.3. The van der Waals surface area contributed by atoms with Crippen LogP contribution in [0.5, 0.6) is 0 Å². The minimum absolute atomic E-state index is 0.0530. The van der Waals surface area contributed by atoms with Gasteiger partial charge in [0.25, 0.3) is 0 Å². The zero-order valence-electron chi connectivity index (χ0n) is 12.4. The van der Waals surface area contributed by atoms with Gasteiger partial charge in [-0.3, -0.25) is 9.36 Å². The molecule has 3 aromatic heterocycles. The van der Waals surface area contributed by atoms with Crippen LogP contribution in [-0.4, -0.2) is 24.8 Å². The highest BCUT2D eigenvalue weighted by Gasteiger charge is 2.13. The van der Waals surface area contributed by atoms with Crippen molar-refractivity contribution in [2.45, 2.75) is 26.4 Å². The number of nitrogens with one attached hydrogen (secondary N) is 1. The molecule has 120 valence electrons. The normalized spacial score (nSPS) is 11.3. The summed E-state index contributed by atoms with van der Waals surface area (Å²) in [7, 11) is 0. The molecule has 0 saturated heterocycles. The summed E-state index contributed by atoms with van der Waals surface area (Å²) in [5.41, 5.74) is 2.43. The van der Waals surface area contributed by atoms with Crippen LogP contribution in [0.15, 0.2) is 36.9 Å². The average Bonchev–Trinajstić information content (AvgIpc) is 3.11. The van der Waals surface area contributed by atoms with Crippen molar-refractivity contribution in [3.8, 4) is 0 Å². The van der Waals surface area contributed by atoms with E-state index >= 15 is 0 Å². The smallest absolute Gasteiger partial charge is 0.319 e. The van der Waals surface area contributed by atoms with Crippen molar-refractivity contribution in [2.75, 3.05) is 0 Å². The van der Waals surface area contributed by atoms with Gasteiger partial charge < -0.3 is 9.72 Å². The molecule has 0 aliphatic carbocycles. The van der Waals surface area contributed by atoms with E-state index in [1.807, 2.05) is 29.7 Å². The van der Waals surface area contributed by atoms with Crippen LogP contribution in [0, 0.1) is 6.92 Å². The molecule has 23 heavy (non-hydrogen) atoms. The van der Waals surface area contributed by atoms with Crippen LogP contribution in [0.4, 0.5) is 8.78 Å². The largest absolute Gasteiger partial charge is 0.349 e. The van der Waals surface area contributed by atoms with Crippen molar-refractivity contribution >= 4 is 11.6 Å². The van der Waals surface area contributed by atoms with Gasteiger partial charge in [-0.2, -0.15) is 8.78 Å². The summed E-state index contributed by atoms with van der Waals surface area (Å²) in [6.07, 6.45) is 6.17. The van der Waals surface area contributed by atoms with Gasteiger partial charge in [-0.05, 0) is 18.6 Å². The lowest BCUT2D eigenvalue weighted by Gasteiger charge is -2.07. The number of halogens is 2. The maximum atomic E-state index is 12.7. The Bertz CT molecular complexity index is 839. The second-order valence-electron chi connectivity index (χ2n) is 5.14. The van der Waals surface area contributed by atoms with Crippen LogP contribution in [0.1, 0.15) is 23.6 Å². The van der Waals surface area contributed by atoms with Gasteiger partial charge in [0.05, 0.1) is 18.7 Å². The molecule has 0 aliphatic heterocycles. The van der Waals surface area contributed by atoms with Crippen LogP contribution in [0.25, 0.3) is 5.65 Å². The molecule has 0 aliphatic rings. The fraction of sp³-hybridized carbons (Fsp3) is 0.267. The molecule has 0 fully saturated rings. The summed E-state index contributed by atoms with van der Waals surface area (Å²) < 4.78 is 27.9. The van der Waals surface area contributed by atoms with E-state index in [9.17, 15) is 13.6 Å². The number of alkyl halides is 2. The first-order valence-corrected chi connectivity index (χ1v) is 7.04. The molecule has 0 unspecified atom stereocenters. The van der Waals surface area contributed by atoms with E-state index in [0.29, 0.717) is 10.3 Å². The lowest BCUT2D eigenvalue weighted by molar-refractivity contribution is -0.120. The monoisotopic (exact) mass is 319 g/mol. The number of carbonyl (C=O) groups excluding carboxylic acids is 1. The molecular formula is C15H15F2N5O. The predicted molar refractivity (Wildman–Crippen MR) is 79.0 cm³/mol. The summed E-state index contributed by atoms with van der Waals surface area (Å²) in [6, 6.07) is 3.84. The summed E-state index contributed by atoms with van der Waals surface area (Å²) in [4.78, 5) is 20.2. The third-order valence-electron chi connectivity index (χ3n) is 3.47. The number of rotatable bonds is 5. The van der Waals surface area contributed by atoms with Gasteiger partial charge in [0.1, 0.15) is 11.5 Å². The molecule has 0 atom stereocenters. The van der Waals surface area contributed by atoms with E-state index in [2.05, 4.69) is 15.3 Å². The summed E-state index contributed by atoms with van der Waals surface area (Å²) >= 11 is 0. The number of hydrogen-bond donors (Lipinski definition) is 1. The fourth-order valence-corrected chi connectivity index (χ4v) is 2.35. The number of pyridine rings is 1. The first-order chi connectivity index (χ1) is 11.0. The molecule has 8 heteroatoms. The molecule has 0 spiro atoms. The van der Waals surface area contributed by atoms with Gasteiger partial charge in [-0.1, -0.05) is 6.07 Å². The summed E-state index contributed by atoms with van der Waals surface area (Å²) in [5.74, 6) is -0.186. The average molecular weight is 319 g/mol. The molecule has 1 amide bonds. The third kappa shape index (κ3) is 3.20. The molecular weight excluding hydrogens is 304 g/mol. The van der Waals surface area contributed by atoms with Crippen LogP contribution in [0.3, 0.4) is 0 Å². The van der Waals surface area contributed by atoms with Crippen molar-refractivity contribution in [1.82, 2.24) is 24.3 Å². The Morgan fingerprint density at radius 3 is 2.96 bits per heavy atom. The van der Waals surface area contributed by atoms with Crippen LogP contribution in [0.2, 0.25) is 0 Å². The molecule has 0 aromatic carbocycles. The van der Waals surface area contributed by atoms with E-state index in [1.54, 1.807) is 6.20 Å². The fourth-order valence-electron chi connectivity index (χ4n) is 2.35. The molecule has 0 radical (unpaired) electrons. The standard InChI is InChI=1S/C15H15F2N5O/c1-10-3-2-5-21-9-11(20-14(10)21)7-13(23)19-8-12-18-4-6-22(12)15(16)17/h2-6,9,15H,7-8H2,1H3,(H,19,23). The third-order valence-corrected chi connectivity index (χ3v) is 3.47. The van der Waals surface area contributed by atoms with Crippen molar-refractivity contribution in [3.05, 3.63) is 54.0 Å². The number of imidazole rings is 2. The summed E-state index contributed by atoms with van der Waals surface area (Å²) in [6.45, 7) is -0.787. The molecule has 1 N–H and O–H groups in total. The van der Waals surface area contributed by atoms with Gasteiger partial charge in [0.15, 0.2) is 0 Å². The number of nitrogens with zero attached hydrogens (tertiary/aromatic N) is 4. The van der Waals surface area contributed by atoms with E-state index in [0.717, 1.165) is 11.2 Å². The van der Waals surface area contributed by atoms with Crippen LogP contribution >= 0.6 is 0 Å². The second kappa shape index (κ2) is 6.15. The molecule has 3 heterocycles. The Hall–Kier alpha value is -2.77. The molecule has 6 nitrogen and oxygen atoms in total. The first-order valence-electron chi connectivity index (χ1n) is 7.04. The van der Waals surface area contributed by atoms with Crippen LogP contribution in [-0.2, 0) is 17.8 Å². The van der Waals surface area contributed by atoms with Gasteiger partial charge in [0.2, 0.25) is 5.91 Å².